The van der Waals surface area contributed by atoms with Crippen LogP contribution in [0.5, 0.6) is 0 Å². The zero-order valence-electron chi connectivity index (χ0n) is 12.5. The van der Waals surface area contributed by atoms with Gasteiger partial charge in [0.2, 0.25) is 0 Å². The van der Waals surface area contributed by atoms with Gasteiger partial charge >= 0.3 is 5.97 Å². The molecule has 1 rings (SSSR count). The number of likely N-dealkylation sites (N-methyl/N-ethyl adjacent to an activating group) is 1. The molecule has 0 N–H and O–H groups in total. The van der Waals surface area contributed by atoms with Gasteiger partial charge in [0.25, 0.3) is 0 Å². The van der Waals surface area contributed by atoms with Crippen molar-refractivity contribution in [2.75, 3.05) is 25.6 Å². The number of nitrogens with zero attached hydrogens (tertiary/aromatic N) is 1. The highest BCUT2D eigenvalue weighted by Gasteiger charge is 2.07. The van der Waals surface area contributed by atoms with Crippen molar-refractivity contribution in [3.05, 3.63) is 41.0 Å². The van der Waals surface area contributed by atoms with Crippen LogP contribution < -0.4 is 4.90 Å². The van der Waals surface area contributed by atoms with Crippen LogP contribution in [-0.4, -0.2) is 26.7 Å². The Hall–Kier alpha value is -1.77. The van der Waals surface area contributed by atoms with Gasteiger partial charge < -0.3 is 9.64 Å². The molecule has 0 bridgehead atoms. The monoisotopic (exact) mass is 261 g/mol. The number of carbonyl (C=O) groups excluding carboxylic acids is 1. The maximum Gasteiger partial charge on any atom is 0.333 e. The summed E-state index contributed by atoms with van der Waals surface area (Å²) in [6.07, 6.45) is 2.62. The van der Waals surface area contributed by atoms with Gasteiger partial charge in [-0.15, -0.1) is 0 Å². The molecule has 0 amide bonds. The van der Waals surface area contributed by atoms with Gasteiger partial charge in [-0.1, -0.05) is 19.1 Å². The van der Waals surface area contributed by atoms with Crippen molar-refractivity contribution in [3.8, 4) is 0 Å². The van der Waals surface area contributed by atoms with E-state index >= 15 is 0 Å². The van der Waals surface area contributed by atoms with Crippen molar-refractivity contribution in [1.82, 2.24) is 0 Å². The fourth-order valence-corrected chi connectivity index (χ4v) is 2.03. The molecule has 0 aliphatic carbocycles. The van der Waals surface area contributed by atoms with Crippen LogP contribution in [0.2, 0.25) is 0 Å². The van der Waals surface area contributed by atoms with Crippen LogP contribution >= 0.6 is 0 Å². The number of rotatable bonds is 5. The van der Waals surface area contributed by atoms with Gasteiger partial charge in [0.15, 0.2) is 0 Å². The second kappa shape index (κ2) is 6.98. The summed E-state index contributed by atoms with van der Waals surface area (Å²) in [5.41, 5.74) is 4.37. The van der Waals surface area contributed by atoms with Gasteiger partial charge in [-0.05, 0) is 43.5 Å². The summed E-state index contributed by atoms with van der Waals surface area (Å²) in [6.45, 7) is 6.83. The van der Waals surface area contributed by atoms with E-state index in [2.05, 4.69) is 36.9 Å². The maximum absolute atomic E-state index is 11.5. The number of benzene rings is 1. The summed E-state index contributed by atoms with van der Waals surface area (Å²) in [5, 5.41) is 0. The van der Waals surface area contributed by atoms with Gasteiger partial charge in [-0.2, -0.15) is 0 Å². The number of anilines is 1. The second-order valence-corrected chi connectivity index (χ2v) is 4.80. The summed E-state index contributed by atoms with van der Waals surface area (Å²) in [7, 11) is 3.44. The molecule has 104 valence electrons. The minimum atomic E-state index is -0.240. The topological polar surface area (TPSA) is 29.5 Å². The third kappa shape index (κ3) is 4.43. The average molecular weight is 261 g/mol. The number of esters is 1. The lowest BCUT2D eigenvalue weighted by Crippen LogP contribution is -2.18. The van der Waals surface area contributed by atoms with E-state index < -0.39 is 0 Å². The van der Waals surface area contributed by atoms with Crippen molar-refractivity contribution in [1.29, 1.82) is 0 Å². The molecule has 1 aromatic carbocycles. The Morgan fingerprint density at radius 1 is 1.26 bits per heavy atom. The van der Waals surface area contributed by atoms with Crippen molar-refractivity contribution < 1.29 is 9.53 Å². The van der Waals surface area contributed by atoms with E-state index in [4.69, 9.17) is 4.74 Å². The van der Waals surface area contributed by atoms with Crippen LogP contribution in [0.4, 0.5) is 5.69 Å². The molecule has 0 aromatic heterocycles. The summed E-state index contributed by atoms with van der Waals surface area (Å²) in [4.78, 5) is 13.6. The van der Waals surface area contributed by atoms with Crippen molar-refractivity contribution in [2.45, 2.75) is 27.2 Å². The van der Waals surface area contributed by atoms with Gasteiger partial charge in [0, 0.05) is 24.9 Å². The van der Waals surface area contributed by atoms with E-state index in [0.717, 1.165) is 11.3 Å². The van der Waals surface area contributed by atoms with Crippen LogP contribution in [0.3, 0.4) is 0 Å². The van der Waals surface area contributed by atoms with Crippen LogP contribution in [0.15, 0.2) is 29.8 Å². The van der Waals surface area contributed by atoms with E-state index in [0.29, 0.717) is 13.0 Å². The summed E-state index contributed by atoms with van der Waals surface area (Å²) < 4.78 is 4.75. The smallest absolute Gasteiger partial charge is 0.333 e. The van der Waals surface area contributed by atoms with E-state index in [9.17, 15) is 4.79 Å². The molecule has 19 heavy (non-hydrogen) atoms. The molecule has 0 unspecified atom stereocenters. The first-order valence-corrected chi connectivity index (χ1v) is 6.54. The molecule has 0 heterocycles. The molecule has 1 aromatic rings. The standard InChI is InChI=1S/C16H23NO2/c1-6-14(16(18)19-5)7-8-17(4)15-10-12(2)9-13(3)11-15/h7,9-11H,6,8H2,1-5H3. The lowest BCUT2D eigenvalue weighted by atomic mass is 10.1. The summed E-state index contributed by atoms with van der Waals surface area (Å²) in [6, 6.07) is 6.44. The zero-order chi connectivity index (χ0) is 14.4. The molecule has 0 aliphatic rings. The number of hydrogen-bond donors (Lipinski definition) is 0. The van der Waals surface area contributed by atoms with Crippen LogP contribution in [0.25, 0.3) is 0 Å². The first kappa shape index (κ1) is 15.3. The maximum atomic E-state index is 11.5. The molecule has 0 saturated carbocycles. The number of methoxy groups -OCH3 is 1. The Morgan fingerprint density at radius 3 is 2.32 bits per heavy atom. The fourth-order valence-electron chi connectivity index (χ4n) is 2.03. The molecule has 0 aliphatic heterocycles. The third-order valence-electron chi connectivity index (χ3n) is 3.09. The van der Waals surface area contributed by atoms with E-state index in [-0.39, 0.29) is 5.97 Å². The number of carbonyl (C=O) groups is 1. The van der Waals surface area contributed by atoms with Crippen LogP contribution in [-0.2, 0) is 9.53 Å². The molecule has 0 saturated heterocycles. The molecule has 3 nitrogen and oxygen atoms in total. The lowest BCUT2D eigenvalue weighted by molar-refractivity contribution is -0.136. The fraction of sp³-hybridized carbons (Fsp3) is 0.438. The second-order valence-electron chi connectivity index (χ2n) is 4.80. The molecule has 0 atom stereocenters. The molecule has 0 spiro atoms. The first-order chi connectivity index (χ1) is 8.97. The Morgan fingerprint density at radius 2 is 1.84 bits per heavy atom. The van der Waals surface area contributed by atoms with Gasteiger partial charge in [-0.3, -0.25) is 0 Å². The zero-order valence-corrected chi connectivity index (χ0v) is 12.5. The minimum absolute atomic E-state index is 0.240. The highest BCUT2D eigenvalue weighted by molar-refractivity contribution is 5.88. The van der Waals surface area contributed by atoms with Crippen molar-refractivity contribution in [2.24, 2.45) is 0 Å². The normalized spacial score (nSPS) is 11.3. The van der Waals surface area contributed by atoms with Crippen molar-refractivity contribution in [3.63, 3.8) is 0 Å². The Kier molecular flexibility index (Phi) is 5.61. The van der Waals surface area contributed by atoms with Gasteiger partial charge in [0.1, 0.15) is 0 Å². The van der Waals surface area contributed by atoms with Gasteiger partial charge in [0.05, 0.1) is 7.11 Å². The van der Waals surface area contributed by atoms with Crippen molar-refractivity contribution >= 4 is 11.7 Å². The average Bonchev–Trinajstić information content (AvgIpc) is 2.37. The Bertz CT molecular complexity index is 457. The summed E-state index contributed by atoms with van der Waals surface area (Å²) in [5.74, 6) is -0.240. The van der Waals surface area contributed by atoms with Crippen LogP contribution in [0, 0.1) is 13.8 Å². The Labute approximate surface area is 115 Å². The van der Waals surface area contributed by atoms with E-state index in [1.165, 1.54) is 18.2 Å². The molecule has 3 heteroatoms. The van der Waals surface area contributed by atoms with Crippen LogP contribution in [0.1, 0.15) is 24.5 Å². The minimum Gasteiger partial charge on any atom is -0.466 e. The van der Waals surface area contributed by atoms with Gasteiger partial charge in [-0.25, -0.2) is 4.79 Å². The largest absolute Gasteiger partial charge is 0.466 e. The van der Waals surface area contributed by atoms with E-state index in [1.807, 2.05) is 20.0 Å². The number of aryl methyl sites for hydroxylation is 2. The first-order valence-electron chi connectivity index (χ1n) is 6.54. The molecule has 0 radical (unpaired) electrons. The third-order valence-corrected chi connectivity index (χ3v) is 3.09. The number of ether oxygens (including phenoxy) is 1. The SMILES string of the molecule is CCC(=CCN(C)c1cc(C)cc(C)c1)C(=O)OC. The molecule has 0 fully saturated rings. The lowest BCUT2D eigenvalue weighted by Gasteiger charge is -2.19. The highest BCUT2D eigenvalue weighted by Crippen LogP contribution is 2.17. The predicted octanol–water partition coefficient (Wildman–Crippen LogP) is 3.25. The number of hydrogen-bond acceptors (Lipinski definition) is 3. The predicted molar refractivity (Wildman–Crippen MR) is 79.6 cm³/mol. The van der Waals surface area contributed by atoms with E-state index in [1.54, 1.807) is 0 Å². The quantitative estimate of drug-likeness (QED) is 0.602. The molecular formula is C16H23NO2. The Balaban J connectivity index is 2.81. The molecular weight excluding hydrogens is 238 g/mol. The summed E-state index contributed by atoms with van der Waals surface area (Å²) >= 11 is 0. The highest BCUT2D eigenvalue weighted by atomic mass is 16.5.